The Labute approximate surface area is 124 Å². The molecule has 0 radical (unpaired) electrons. The molecule has 120 valence electrons. The zero-order valence-electron chi connectivity index (χ0n) is 12.8. The van der Waals surface area contributed by atoms with Gasteiger partial charge >= 0.3 is 6.18 Å². The molecule has 0 heterocycles. The number of alkyl halides is 3. The minimum absolute atomic E-state index is 0.230. The molecule has 1 rings (SSSR count). The van der Waals surface area contributed by atoms with Crippen molar-refractivity contribution in [2.24, 2.45) is 5.92 Å². The van der Waals surface area contributed by atoms with Gasteiger partial charge in [0.1, 0.15) is 0 Å². The highest BCUT2D eigenvalue weighted by molar-refractivity contribution is 5.28. The van der Waals surface area contributed by atoms with Gasteiger partial charge in [-0.15, -0.1) is 0 Å². The second kappa shape index (κ2) is 8.39. The molecular weight excluding hydrogens is 279 g/mol. The van der Waals surface area contributed by atoms with Crippen molar-refractivity contribution in [1.29, 1.82) is 0 Å². The number of hydrogen-bond donors (Lipinski definition) is 1. The summed E-state index contributed by atoms with van der Waals surface area (Å²) in [5, 5.41) is 3.00. The first-order chi connectivity index (χ1) is 9.84. The van der Waals surface area contributed by atoms with Crippen molar-refractivity contribution in [3.8, 4) is 0 Å². The molecule has 1 unspecified atom stereocenters. The van der Waals surface area contributed by atoms with Crippen LogP contribution in [0.15, 0.2) is 24.3 Å². The van der Waals surface area contributed by atoms with Crippen molar-refractivity contribution >= 4 is 0 Å². The number of likely N-dealkylation sites (N-methyl/N-ethyl adjacent to an activating group) is 1. The Morgan fingerprint density at radius 2 is 1.95 bits per heavy atom. The molecule has 0 bridgehead atoms. The van der Waals surface area contributed by atoms with E-state index in [9.17, 15) is 13.2 Å². The molecule has 21 heavy (non-hydrogen) atoms. The molecular formula is C16H24F3NO. The van der Waals surface area contributed by atoms with Crippen LogP contribution in [0.3, 0.4) is 0 Å². The van der Waals surface area contributed by atoms with E-state index in [1.807, 2.05) is 0 Å². The van der Waals surface area contributed by atoms with Crippen LogP contribution in [0.1, 0.15) is 43.9 Å². The van der Waals surface area contributed by atoms with E-state index >= 15 is 0 Å². The average molecular weight is 303 g/mol. The largest absolute Gasteiger partial charge is 0.416 e. The molecule has 0 amide bonds. The normalized spacial score (nSPS) is 13.7. The maximum atomic E-state index is 12.7. The summed E-state index contributed by atoms with van der Waals surface area (Å²) in [4.78, 5) is 0. The van der Waals surface area contributed by atoms with E-state index in [1.54, 1.807) is 13.1 Å². The first-order valence-corrected chi connectivity index (χ1v) is 7.26. The van der Waals surface area contributed by atoms with Gasteiger partial charge < -0.3 is 10.1 Å². The molecule has 0 spiro atoms. The van der Waals surface area contributed by atoms with Crippen LogP contribution in [0.5, 0.6) is 0 Å². The molecule has 1 aromatic carbocycles. The Bertz CT molecular complexity index is 418. The second-order valence-electron chi connectivity index (χ2n) is 5.58. The number of halogens is 3. The topological polar surface area (TPSA) is 21.3 Å². The third kappa shape index (κ3) is 6.48. The van der Waals surface area contributed by atoms with E-state index < -0.39 is 11.7 Å². The van der Waals surface area contributed by atoms with Crippen molar-refractivity contribution in [2.75, 3.05) is 20.3 Å². The number of rotatable bonds is 8. The Morgan fingerprint density at radius 1 is 1.24 bits per heavy atom. The fourth-order valence-electron chi connectivity index (χ4n) is 2.07. The lowest BCUT2D eigenvalue weighted by atomic mass is 10.0. The Balaban J connectivity index is 2.56. The number of nitrogens with one attached hydrogen (secondary N) is 1. The van der Waals surface area contributed by atoms with Crippen LogP contribution in [-0.4, -0.2) is 20.3 Å². The van der Waals surface area contributed by atoms with Gasteiger partial charge in [-0.2, -0.15) is 13.2 Å². The summed E-state index contributed by atoms with van der Waals surface area (Å²) in [5.74, 6) is 0.636. The molecule has 1 N–H and O–H groups in total. The van der Waals surface area contributed by atoms with Crippen molar-refractivity contribution in [3.05, 3.63) is 35.4 Å². The van der Waals surface area contributed by atoms with Crippen LogP contribution in [0.25, 0.3) is 0 Å². The highest BCUT2D eigenvalue weighted by Crippen LogP contribution is 2.30. The number of benzene rings is 1. The zero-order chi connectivity index (χ0) is 15.9. The van der Waals surface area contributed by atoms with E-state index in [4.69, 9.17) is 4.74 Å². The molecule has 1 aromatic rings. The van der Waals surface area contributed by atoms with E-state index in [0.717, 1.165) is 18.9 Å². The van der Waals surface area contributed by atoms with Crippen molar-refractivity contribution < 1.29 is 17.9 Å². The Hall–Kier alpha value is -1.07. The molecule has 0 saturated carbocycles. The minimum atomic E-state index is -4.31. The highest BCUT2D eigenvalue weighted by atomic mass is 19.4. The van der Waals surface area contributed by atoms with Gasteiger partial charge in [-0.3, -0.25) is 0 Å². The molecule has 0 aliphatic heterocycles. The third-order valence-electron chi connectivity index (χ3n) is 3.32. The molecule has 0 aliphatic carbocycles. The smallest absolute Gasteiger partial charge is 0.379 e. The summed E-state index contributed by atoms with van der Waals surface area (Å²) < 4.78 is 43.7. The maximum absolute atomic E-state index is 12.7. The number of ether oxygens (including phenoxy) is 1. The fourth-order valence-corrected chi connectivity index (χ4v) is 2.07. The van der Waals surface area contributed by atoms with Crippen molar-refractivity contribution in [2.45, 2.75) is 38.9 Å². The van der Waals surface area contributed by atoms with E-state index in [-0.39, 0.29) is 6.04 Å². The van der Waals surface area contributed by atoms with Crippen LogP contribution in [-0.2, 0) is 10.9 Å². The zero-order valence-corrected chi connectivity index (χ0v) is 12.8. The summed E-state index contributed by atoms with van der Waals surface area (Å²) in [6.45, 7) is 5.31. The average Bonchev–Trinajstić information content (AvgIpc) is 2.42. The minimum Gasteiger partial charge on any atom is -0.379 e. The molecule has 0 saturated heterocycles. The molecule has 5 heteroatoms. The van der Waals surface area contributed by atoms with Crippen molar-refractivity contribution in [3.63, 3.8) is 0 Å². The number of hydrogen-bond acceptors (Lipinski definition) is 2. The van der Waals surface area contributed by atoms with E-state index in [0.29, 0.717) is 24.7 Å². The lowest BCUT2D eigenvalue weighted by molar-refractivity contribution is -0.137. The quantitative estimate of drug-likeness (QED) is 0.718. The second-order valence-corrected chi connectivity index (χ2v) is 5.58. The lowest BCUT2D eigenvalue weighted by Crippen LogP contribution is -2.22. The first kappa shape index (κ1) is 18.0. The Kier molecular flexibility index (Phi) is 7.18. The van der Waals surface area contributed by atoms with Crippen LogP contribution in [0, 0.1) is 5.92 Å². The molecule has 0 aliphatic rings. The fraction of sp³-hybridized carbons (Fsp3) is 0.625. The van der Waals surface area contributed by atoms with Gasteiger partial charge in [0.05, 0.1) is 18.2 Å². The lowest BCUT2D eigenvalue weighted by Gasteiger charge is -2.18. The van der Waals surface area contributed by atoms with Gasteiger partial charge in [0.25, 0.3) is 0 Å². The van der Waals surface area contributed by atoms with Gasteiger partial charge in [-0.1, -0.05) is 26.0 Å². The van der Waals surface area contributed by atoms with Crippen LogP contribution in [0.2, 0.25) is 0 Å². The van der Waals surface area contributed by atoms with Crippen molar-refractivity contribution in [1.82, 2.24) is 5.32 Å². The summed E-state index contributed by atoms with van der Waals surface area (Å²) in [6, 6.07) is 5.15. The summed E-state index contributed by atoms with van der Waals surface area (Å²) in [7, 11) is 1.72. The molecule has 0 fully saturated rings. The first-order valence-electron chi connectivity index (χ1n) is 7.26. The van der Waals surface area contributed by atoms with Gasteiger partial charge in [0, 0.05) is 6.61 Å². The predicted octanol–water partition coefficient (Wildman–Crippen LogP) is 4.42. The molecule has 2 nitrogen and oxygen atoms in total. The van der Waals surface area contributed by atoms with Crippen LogP contribution < -0.4 is 5.32 Å². The van der Waals surface area contributed by atoms with Crippen LogP contribution in [0.4, 0.5) is 13.2 Å². The predicted molar refractivity (Wildman–Crippen MR) is 78.1 cm³/mol. The monoisotopic (exact) mass is 303 g/mol. The molecule has 0 aromatic heterocycles. The van der Waals surface area contributed by atoms with Gasteiger partial charge in [0.15, 0.2) is 0 Å². The third-order valence-corrected chi connectivity index (χ3v) is 3.32. The standard InChI is InChI=1S/C16H24F3NO/c1-12(2)6-5-9-21-11-15(20-3)13-7-4-8-14(10-13)16(17,18)19/h4,7-8,10,12,15,20H,5-6,9,11H2,1-3H3. The van der Waals surface area contributed by atoms with Gasteiger partial charge in [-0.25, -0.2) is 0 Å². The van der Waals surface area contributed by atoms with E-state index in [1.165, 1.54) is 12.1 Å². The Morgan fingerprint density at radius 3 is 2.52 bits per heavy atom. The summed E-state index contributed by atoms with van der Waals surface area (Å²) in [6.07, 6.45) is -2.25. The van der Waals surface area contributed by atoms with Gasteiger partial charge in [-0.05, 0) is 43.5 Å². The van der Waals surface area contributed by atoms with Gasteiger partial charge in [0.2, 0.25) is 0 Å². The maximum Gasteiger partial charge on any atom is 0.416 e. The molecule has 1 atom stereocenters. The SMILES string of the molecule is CNC(COCCCC(C)C)c1cccc(C(F)(F)F)c1. The van der Waals surface area contributed by atoms with Crippen LogP contribution >= 0.6 is 0 Å². The summed E-state index contributed by atoms with van der Waals surface area (Å²) >= 11 is 0. The highest BCUT2D eigenvalue weighted by Gasteiger charge is 2.30. The summed E-state index contributed by atoms with van der Waals surface area (Å²) in [5.41, 5.74) is -0.0313. The van der Waals surface area contributed by atoms with E-state index in [2.05, 4.69) is 19.2 Å².